The molecule has 4 heteroatoms. The maximum Gasteiger partial charge on any atom is 0.221 e. The minimum Gasteiger partial charge on any atom is -0.352 e. The molecule has 1 amide bonds. The van der Waals surface area contributed by atoms with Gasteiger partial charge in [-0.1, -0.05) is 19.4 Å². The minimum atomic E-state index is 0.134. The van der Waals surface area contributed by atoms with Gasteiger partial charge in [0.05, 0.1) is 0 Å². The summed E-state index contributed by atoms with van der Waals surface area (Å²) in [5.41, 5.74) is 1.05. The average molecular weight is 275 g/mol. The van der Waals surface area contributed by atoms with Crippen LogP contribution in [0.5, 0.6) is 0 Å². The smallest absolute Gasteiger partial charge is 0.221 e. The number of nitrogens with one attached hydrogen (secondary N) is 1. The minimum absolute atomic E-state index is 0.134. The van der Waals surface area contributed by atoms with Gasteiger partial charge in [-0.25, -0.2) is 0 Å². The number of aromatic nitrogens is 1. The molecule has 1 saturated heterocycles. The van der Waals surface area contributed by atoms with Crippen LogP contribution in [0, 0.1) is 0 Å². The van der Waals surface area contributed by atoms with Crippen LogP contribution in [-0.4, -0.2) is 34.9 Å². The van der Waals surface area contributed by atoms with E-state index < -0.39 is 0 Å². The highest BCUT2D eigenvalue weighted by Crippen LogP contribution is 2.19. The summed E-state index contributed by atoms with van der Waals surface area (Å²) in [6, 6.07) is 4.54. The molecule has 0 aromatic carbocycles. The second-order valence-corrected chi connectivity index (χ2v) is 5.48. The Morgan fingerprint density at radius 2 is 2.40 bits per heavy atom. The fourth-order valence-corrected chi connectivity index (χ4v) is 2.85. The lowest BCUT2D eigenvalue weighted by molar-refractivity contribution is -0.121. The van der Waals surface area contributed by atoms with Crippen LogP contribution in [0.3, 0.4) is 0 Å². The Hall–Kier alpha value is -1.42. The number of rotatable bonds is 6. The second-order valence-electron chi connectivity index (χ2n) is 5.48. The molecule has 0 aliphatic carbocycles. The number of amides is 1. The van der Waals surface area contributed by atoms with Crippen molar-refractivity contribution in [2.45, 2.75) is 51.6 Å². The summed E-state index contributed by atoms with van der Waals surface area (Å²) >= 11 is 0. The van der Waals surface area contributed by atoms with E-state index in [-0.39, 0.29) is 5.91 Å². The van der Waals surface area contributed by atoms with E-state index in [9.17, 15) is 4.79 Å². The second kappa shape index (κ2) is 8.00. The van der Waals surface area contributed by atoms with E-state index >= 15 is 0 Å². The molecule has 1 aliphatic heterocycles. The summed E-state index contributed by atoms with van der Waals surface area (Å²) in [4.78, 5) is 18.4. The zero-order valence-corrected chi connectivity index (χ0v) is 12.3. The van der Waals surface area contributed by atoms with E-state index in [4.69, 9.17) is 0 Å². The molecule has 1 aromatic rings. The van der Waals surface area contributed by atoms with E-state index in [1.165, 1.54) is 25.7 Å². The normalized spacial score (nSPS) is 19.8. The Kier molecular flexibility index (Phi) is 5.99. The molecule has 4 nitrogen and oxygen atoms in total. The van der Waals surface area contributed by atoms with Gasteiger partial charge < -0.3 is 5.32 Å². The number of carbonyl (C=O) groups is 1. The first-order valence-electron chi connectivity index (χ1n) is 7.69. The number of piperidine rings is 1. The van der Waals surface area contributed by atoms with Gasteiger partial charge in [0.25, 0.3) is 0 Å². The van der Waals surface area contributed by atoms with Gasteiger partial charge in [-0.05, 0) is 37.4 Å². The van der Waals surface area contributed by atoms with Crippen molar-refractivity contribution in [3.8, 4) is 0 Å². The lowest BCUT2D eigenvalue weighted by atomic mass is 10.00. The predicted octanol–water partition coefficient (Wildman–Crippen LogP) is 2.35. The average Bonchev–Trinajstić information content (AvgIpc) is 2.52. The van der Waals surface area contributed by atoms with Crippen LogP contribution in [0.2, 0.25) is 0 Å². The van der Waals surface area contributed by atoms with Gasteiger partial charge in [-0.3, -0.25) is 14.7 Å². The Bertz CT molecular complexity index is 407. The first-order chi connectivity index (χ1) is 9.79. The lowest BCUT2D eigenvalue weighted by Crippen LogP contribution is -2.41. The Labute approximate surface area is 121 Å². The van der Waals surface area contributed by atoms with Crippen molar-refractivity contribution in [1.29, 1.82) is 0 Å². The predicted molar refractivity (Wildman–Crippen MR) is 80.2 cm³/mol. The molecule has 2 rings (SSSR count). The number of nitrogens with zero attached hydrogens (tertiary/aromatic N) is 2. The van der Waals surface area contributed by atoms with Gasteiger partial charge in [0.15, 0.2) is 0 Å². The highest BCUT2D eigenvalue weighted by atomic mass is 16.1. The molecule has 0 bridgehead atoms. The lowest BCUT2D eigenvalue weighted by Gasteiger charge is -2.35. The molecule has 0 radical (unpaired) electrons. The van der Waals surface area contributed by atoms with Crippen molar-refractivity contribution in [3.63, 3.8) is 0 Å². The first kappa shape index (κ1) is 15.0. The van der Waals surface area contributed by atoms with Crippen molar-refractivity contribution in [1.82, 2.24) is 15.2 Å². The molecule has 0 spiro atoms. The van der Waals surface area contributed by atoms with Gasteiger partial charge in [-0.15, -0.1) is 0 Å². The van der Waals surface area contributed by atoms with Gasteiger partial charge >= 0.3 is 0 Å². The van der Waals surface area contributed by atoms with Crippen molar-refractivity contribution >= 4 is 5.91 Å². The van der Waals surface area contributed by atoms with Crippen molar-refractivity contribution < 1.29 is 4.79 Å². The number of carbonyl (C=O) groups excluding carboxylic acids is 1. The molecule has 20 heavy (non-hydrogen) atoms. The fourth-order valence-electron chi connectivity index (χ4n) is 2.85. The maximum atomic E-state index is 11.9. The monoisotopic (exact) mass is 275 g/mol. The molecule has 1 unspecified atom stereocenters. The molecule has 1 aromatic heterocycles. The largest absolute Gasteiger partial charge is 0.352 e. The third-order valence-corrected chi connectivity index (χ3v) is 4.06. The van der Waals surface area contributed by atoms with Crippen molar-refractivity contribution in [3.05, 3.63) is 30.1 Å². The topological polar surface area (TPSA) is 45.2 Å². The molecular formula is C16H25N3O. The maximum absolute atomic E-state index is 11.9. The van der Waals surface area contributed by atoms with Gasteiger partial charge in [0.1, 0.15) is 0 Å². The standard InChI is InChI=1S/C16H25N3O/c1-2-15-7-3-4-10-19(15)11-8-16(20)18-13-14-6-5-9-17-12-14/h5-6,9,12,15H,2-4,7-8,10-11,13H2,1H3,(H,18,20). The molecule has 2 heterocycles. The van der Waals surface area contributed by atoms with E-state index in [2.05, 4.69) is 22.1 Å². The van der Waals surface area contributed by atoms with Crippen molar-refractivity contribution in [2.75, 3.05) is 13.1 Å². The zero-order valence-electron chi connectivity index (χ0n) is 12.3. The van der Waals surface area contributed by atoms with Crippen LogP contribution < -0.4 is 5.32 Å². The first-order valence-corrected chi connectivity index (χ1v) is 7.69. The van der Waals surface area contributed by atoms with Crippen LogP contribution in [0.4, 0.5) is 0 Å². The molecule has 0 saturated carbocycles. The molecule has 1 fully saturated rings. The Balaban J connectivity index is 1.69. The SMILES string of the molecule is CCC1CCCCN1CCC(=O)NCc1cccnc1. The third kappa shape index (κ3) is 4.60. The summed E-state index contributed by atoms with van der Waals surface area (Å²) in [6.07, 6.45) is 9.21. The molecule has 1 N–H and O–H groups in total. The molecular weight excluding hydrogens is 250 g/mol. The third-order valence-electron chi connectivity index (χ3n) is 4.06. The molecule has 110 valence electrons. The fraction of sp³-hybridized carbons (Fsp3) is 0.625. The summed E-state index contributed by atoms with van der Waals surface area (Å²) in [5.74, 6) is 0.134. The van der Waals surface area contributed by atoms with E-state index in [1.54, 1.807) is 12.4 Å². The van der Waals surface area contributed by atoms with Crippen LogP contribution in [0.15, 0.2) is 24.5 Å². The highest BCUT2D eigenvalue weighted by Gasteiger charge is 2.20. The number of likely N-dealkylation sites (tertiary alicyclic amines) is 1. The van der Waals surface area contributed by atoms with E-state index in [1.807, 2.05) is 12.1 Å². The molecule has 1 aliphatic rings. The van der Waals surface area contributed by atoms with Crippen LogP contribution >= 0.6 is 0 Å². The zero-order chi connectivity index (χ0) is 14.2. The van der Waals surface area contributed by atoms with Crippen molar-refractivity contribution in [2.24, 2.45) is 0 Å². The Morgan fingerprint density at radius 3 is 3.15 bits per heavy atom. The molecule has 1 atom stereocenters. The quantitative estimate of drug-likeness (QED) is 0.867. The number of pyridine rings is 1. The van der Waals surface area contributed by atoms with Gasteiger partial charge in [0, 0.05) is 37.9 Å². The summed E-state index contributed by atoms with van der Waals surface area (Å²) < 4.78 is 0. The van der Waals surface area contributed by atoms with Crippen LogP contribution in [0.1, 0.15) is 44.6 Å². The van der Waals surface area contributed by atoms with Gasteiger partial charge in [-0.2, -0.15) is 0 Å². The van der Waals surface area contributed by atoms with Crippen LogP contribution in [-0.2, 0) is 11.3 Å². The number of hydrogen-bond acceptors (Lipinski definition) is 3. The Morgan fingerprint density at radius 1 is 1.50 bits per heavy atom. The van der Waals surface area contributed by atoms with Gasteiger partial charge in [0.2, 0.25) is 5.91 Å². The highest BCUT2D eigenvalue weighted by molar-refractivity contribution is 5.76. The number of hydrogen-bond donors (Lipinski definition) is 1. The van der Waals surface area contributed by atoms with E-state index in [0.29, 0.717) is 19.0 Å². The van der Waals surface area contributed by atoms with E-state index in [0.717, 1.165) is 18.7 Å². The van der Waals surface area contributed by atoms with Crippen LogP contribution in [0.25, 0.3) is 0 Å². The summed E-state index contributed by atoms with van der Waals surface area (Å²) in [6.45, 7) is 4.85. The summed E-state index contributed by atoms with van der Waals surface area (Å²) in [5, 5.41) is 2.97. The summed E-state index contributed by atoms with van der Waals surface area (Å²) in [7, 11) is 0.